The second-order valence-corrected chi connectivity index (χ2v) is 8.20. The minimum absolute atomic E-state index is 0.148. The van der Waals surface area contributed by atoms with Gasteiger partial charge in [0.2, 0.25) is 5.91 Å². The minimum Gasteiger partial charge on any atom is -0.343 e. The maximum Gasteiger partial charge on any atom is 0.226 e. The van der Waals surface area contributed by atoms with Gasteiger partial charge in [0.1, 0.15) is 0 Å². The Balaban J connectivity index is 1.56. The maximum atomic E-state index is 12.8. The molecule has 1 aliphatic rings. The topological polar surface area (TPSA) is 28.5 Å². The smallest absolute Gasteiger partial charge is 0.226 e. The van der Waals surface area contributed by atoms with E-state index in [4.69, 9.17) is 0 Å². The van der Waals surface area contributed by atoms with Gasteiger partial charge in [0.05, 0.1) is 5.92 Å². The van der Waals surface area contributed by atoms with Crippen LogP contribution >= 0.6 is 0 Å². The summed E-state index contributed by atoms with van der Waals surface area (Å²) in [5, 5.41) is 2.67. The van der Waals surface area contributed by atoms with Crippen molar-refractivity contribution in [3.63, 3.8) is 0 Å². The first-order valence-electron chi connectivity index (χ1n) is 11.2. The van der Waals surface area contributed by atoms with Crippen molar-refractivity contribution >= 4 is 27.7 Å². The molecule has 0 N–H and O–H groups in total. The van der Waals surface area contributed by atoms with E-state index in [-0.39, 0.29) is 5.92 Å². The van der Waals surface area contributed by atoms with Crippen molar-refractivity contribution in [1.82, 2.24) is 14.4 Å². The number of piperidine rings is 1. The number of para-hydroxylation sites is 1. The fourth-order valence-electron chi connectivity index (χ4n) is 4.99. The normalized spacial score (nSPS) is 17.8. The third-order valence-corrected chi connectivity index (χ3v) is 6.49. The molecule has 0 saturated carbocycles. The number of rotatable bonds is 6. The van der Waals surface area contributed by atoms with Crippen LogP contribution in [-0.2, 0) is 17.9 Å². The summed E-state index contributed by atoms with van der Waals surface area (Å²) in [5.74, 6) is 0.482. The SMILES string of the molecule is CCN(CC)C(=O)C1CCCN(Cc2ccc3c(c2)c2ccccc2n3CC)C1. The van der Waals surface area contributed by atoms with Crippen LogP contribution in [0.4, 0.5) is 0 Å². The molecule has 1 aliphatic heterocycles. The third-order valence-electron chi connectivity index (χ3n) is 6.49. The Bertz CT molecular complexity index is 1000. The summed E-state index contributed by atoms with van der Waals surface area (Å²) >= 11 is 0. The molecule has 1 fully saturated rings. The highest BCUT2D eigenvalue weighted by Crippen LogP contribution is 2.30. The van der Waals surface area contributed by atoms with E-state index in [1.54, 1.807) is 0 Å². The Morgan fingerprint density at radius 1 is 1.03 bits per heavy atom. The number of aromatic nitrogens is 1. The molecule has 1 amide bonds. The molecule has 1 aromatic heterocycles. The highest BCUT2D eigenvalue weighted by molar-refractivity contribution is 6.08. The Kier molecular flexibility index (Phi) is 5.91. The van der Waals surface area contributed by atoms with Crippen molar-refractivity contribution in [2.75, 3.05) is 26.2 Å². The van der Waals surface area contributed by atoms with E-state index in [1.807, 2.05) is 4.90 Å². The number of carbonyl (C=O) groups excluding carboxylic acids is 1. The number of likely N-dealkylation sites (tertiary alicyclic amines) is 1. The predicted molar refractivity (Wildman–Crippen MR) is 121 cm³/mol. The lowest BCUT2D eigenvalue weighted by molar-refractivity contribution is -0.137. The zero-order valence-corrected chi connectivity index (χ0v) is 18.0. The number of carbonyl (C=O) groups is 1. The molecule has 1 unspecified atom stereocenters. The first kappa shape index (κ1) is 20.0. The van der Waals surface area contributed by atoms with Gasteiger partial charge in [0.25, 0.3) is 0 Å². The van der Waals surface area contributed by atoms with Crippen molar-refractivity contribution in [2.24, 2.45) is 5.92 Å². The number of fused-ring (bicyclic) bond motifs is 3. The standard InChI is InChI=1S/C25H33N3O/c1-4-27(5-2)25(29)20-10-9-15-26(18-20)17-19-13-14-24-22(16-19)21-11-7-8-12-23(21)28(24)6-3/h7-8,11-14,16,20H,4-6,9-10,15,17-18H2,1-3H3. The molecular formula is C25H33N3O. The van der Waals surface area contributed by atoms with Crippen LogP contribution in [0.1, 0.15) is 39.2 Å². The molecule has 0 aliphatic carbocycles. The molecule has 4 heteroatoms. The highest BCUT2D eigenvalue weighted by Gasteiger charge is 2.28. The average Bonchev–Trinajstić information content (AvgIpc) is 3.08. The first-order chi connectivity index (χ1) is 14.2. The van der Waals surface area contributed by atoms with Crippen LogP contribution in [-0.4, -0.2) is 46.5 Å². The van der Waals surface area contributed by atoms with Crippen LogP contribution in [0.15, 0.2) is 42.5 Å². The lowest BCUT2D eigenvalue weighted by atomic mass is 9.96. The molecule has 3 aromatic rings. The van der Waals surface area contributed by atoms with Gasteiger partial charge in [-0.2, -0.15) is 0 Å². The summed E-state index contributed by atoms with van der Waals surface area (Å²) in [6, 6.07) is 15.6. The lowest BCUT2D eigenvalue weighted by Gasteiger charge is -2.34. The molecule has 0 radical (unpaired) electrons. The summed E-state index contributed by atoms with van der Waals surface area (Å²) in [4.78, 5) is 17.3. The lowest BCUT2D eigenvalue weighted by Crippen LogP contribution is -2.44. The number of nitrogens with zero attached hydrogens (tertiary/aromatic N) is 3. The van der Waals surface area contributed by atoms with Crippen LogP contribution < -0.4 is 0 Å². The van der Waals surface area contributed by atoms with Crippen LogP contribution in [0.5, 0.6) is 0 Å². The third kappa shape index (κ3) is 3.78. The van der Waals surface area contributed by atoms with Gasteiger partial charge in [0, 0.05) is 54.5 Å². The van der Waals surface area contributed by atoms with Crippen LogP contribution in [0.2, 0.25) is 0 Å². The molecule has 2 heterocycles. The zero-order chi connectivity index (χ0) is 20.4. The van der Waals surface area contributed by atoms with Crippen molar-refractivity contribution < 1.29 is 4.79 Å². The quantitative estimate of drug-likeness (QED) is 0.598. The van der Waals surface area contributed by atoms with E-state index in [1.165, 1.54) is 27.4 Å². The fourth-order valence-corrected chi connectivity index (χ4v) is 4.99. The number of hydrogen-bond donors (Lipinski definition) is 0. The Labute approximate surface area is 174 Å². The number of benzene rings is 2. The monoisotopic (exact) mass is 391 g/mol. The van der Waals surface area contributed by atoms with Crippen molar-refractivity contribution in [1.29, 1.82) is 0 Å². The van der Waals surface area contributed by atoms with Gasteiger partial charge in [0.15, 0.2) is 0 Å². The van der Waals surface area contributed by atoms with Gasteiger partial charge >= 0.3 is 0 Å². The highest BCUT2D eigenvalue weighted by atomic mass is 16.2. The fraction of sp³-hybridized carbons (Fsp3) is 0.480. The largest absolute Gasteiger partial charge is 0.343 e. The van der Waals surface area contributed by atoms with E-state index in [0.29, 0.717) is 5.91 Å². The van der Waals surface area contributed by atoms with Crippen LogP contribution in [0.3, 0.4) is 0 Å². The van der Waals surface area contributed by atoms with E-state index >= 15 is 0 Å². The molecule has 1 atom stereocenters. The number of aryl methyl sites for hydroxylation is 1. The minimum atomic E-state index is 0.148. The Hall–Kier alpha value is -2.33. The van der Waals surface area contributed by atoms with Crippen molar-refractivity contribution in [2.45, 2.75) is 46.7 Å². The number of amides is 1. The summed E-state index contributed by atoms with van der Waals surface area (Å²) in [6.07, 6.45) is 2.13. The van der Waals surface area contributed by atoms with Crippen molar-refractivity contribution in [3.8, 4) is 0 Å². The first-order valence-corrected chi connectivity index (χ1v) is 11.2. The van der Waals surface area contributed by atoms with E-state index in [2.05, 4.69) is 72.7 Å². The van der Waals surface area contributed by atoms with E-state index in [9.17, 15) is 4.79 Å². The molecule has 1 saturated heterocycles. The van der Waals surface area contributed by atoms with Gasteiger partial charge in [-0.05, 0) is 63.9 Å². The van der Waals surface area contributed by atoms with Crippen LogP contribution in [0, 0.1) is 5.92 Å². The molecule has 29 heavy (non-hydrogen) atoms. The maximum absolute atomic E-state index is 12.8. The molecule has 4 nitrogen and oxygen atoms in total. The second kappa shape index (κ2) is 8.58. The average molecular weight is 392 g/mol. The van der Waals surface area contributed by atoms with Crippen LogP contribution in [0.25, 0.3) is 21.8 Å². The molecule has 154 valence electrons. The number of hydrogen-bond acceptors (Lipinski definition) is 2. The summed E-state index contributed by atoms with van der Waals surface area (Å²) in [6.45, 7) is 11.8. The second-order valence-electron chi connectivity index (χ2n) is 8.20. The van der Waals surface area contributed by atoms with E-state index < -0.39 is 0 Å². The summed E-state index contributed by atoms with van der Waals surface area (Å²) in [7, 11) is 0. The van der Waals surface area contributed by atoms with Gasteiger partial charge in [-0.25, -0.2) is 0 Å². The predicted octanol–water partition coefficient (Wildman–Crippen LogP) is 4.89. The molecule has 0 bridgehead atoms. The molecule has 0 spiro atoms. The molecule has 2 aromatic carbocycles. The van der Waals surface area contributed by atoms with Gasteiger partial charge < -0.3 is 9.47 Å². The Morgan fingerprint density at radius 2 is 1.79 bits per heavy atom. The van der Waals surface area contributed by atoms with Gasteiger partial charge in [-0.15, -0.1) is 0 Å². The van der Waals surface area contributed by atoms with Crippen molar-refractivity contribution in [3.05, 3.63) is 48.0 Å². The molecular weight excluding hydrogens is 358 g/mol. The Morgan fingerprint density at radius 3 is 2.55 bits per heavy atom. The zero-order valence-electron chi connectivity index (χ0n) is 18.0. The van der Waals surface area contributed by atoms with E-state index in [0.717, 1.165) is 52.1 Å². The summed E-state index contributed by atoms with van der Waals surface area (Å²) in [5.41, 5.74) is 3.96. The van der Waals surface area contributed by atoms with Gasteiger partial charge in [-0.1, -0.05) is 24.3 Å². The summed E-state index contributed by atoms with van der Waals surface area (Å²) < 4.78 is 2.40. The van der Waals surface area contributed by atoms with Gasteiger partial charge in [-0.3, -0.25) is 9.69 Å². The molecule has 4 rings (SSSR count).